The van der Waals surface area contributed by atoms with Gasteiger partial charge < -0.3 is 16.0 Å². The summed E-state index contributed by atoms with van der Waals surface area (Å²) in [5, 5.41) is 3.19. The summed E-state index contributed by atoms with van der Waals surface area (Å²) in [7, 11) is 0. The molecule has 1 aromatic heterocycles. The Morgan fingerprint density at radius 2 is 2.22 bits per heavy atom. The molecule has 2 rings (SSSR count). The predicted octanol–water partition coefficient (Wildman–Crippen LogP) is 2.12. The molecule has 5 heteroatoms. The van der Waals surface area contributed by atoms with Crippen LogP contribution in [0.4, 0.5) is 17.6 Å². The van der Waals surface area contributed by atoms with Gasteiger partial charge in [0.2, 0.25) is 5.95 Å². The Hall–Kier alpha value is -1.52. The average molecular weight is 249 g/mol. The van der Waals surface area contributed by atoms with Gasteiger partial charge in [-0.25, -0.2) is 0 Å². The summed E-state index contributed by atoms with van der Waals surface area (Å²) < 4.78 is 0. The Morgan fingerprint density at radius 1 is 1.44 bits per heavy atom. The summed E-state index contributed by atoms with van der Waals surface area (Å²) in [4.78, 5) is 10.9. The SMILES string of the molecule is CCNc1cc(N2CCC(C)CC2C)nc(N)n1. The van der Waals surface area contributed by atoms with Crippen molar-refractivity contribution in [1.29, 1.82) is 0 Å². The fraction of sp³-hybridized carbons (Fsp3) is 0.692. The molecule has 0 amide bonds. The van der Waals surface area contributed by atoms with Gasteiger partial charge in [0.05, 0.1) is 0 Å². The van der Waals surface area contributed by atoms with E-state index in [2.05, 4.69) is 34.0 Å². The quantitative estimate of drug-likeness (QED) is 0.859. The number of nitrogens with one attached hydrogen (secondary N) is 1. The highest BCUT2D eigenvalue weighted by atomic mass is 15.2. The molecule has 1 fully saturated rings. The number of nitrogens with zero attached hydrogens (tertiary/aromatic N) is 3. The zero-order chi connectivity index (χ0) is 13.1. The predicted molar refractivity (Wildman–Crippen MR) is 75.8 cm³/mol. The molecule has 0 aromatic carbocycles. The van der Waals surface area contributed by atoms with Crippen molar-refractivity contribution < 1.29 is 0 Å². The number of anilines is 3. The summed E-state index contributed by atoms with van der Waals surface area (Å²) in [6.07, 6.45) is 2.42. The van der Waals surface area contributed by atoms with Crippen LogP contribution >= 0.6 is 0 Å². The highest BCUT2D eigenvalue weighted by Gasteiger charge is 2.24. The van der Waals surface area contributed by atoms with Gasteiger partial charge in [-0.15, -0.1) is 0 Å². The van der Waals surface area contributed by atoms with Crippen LogP contribution in [0.5, 0.6) is 0 Å². The molecule has 0 aliphatic carbocycles. The lowest BCUT2D eigenvalue weighted by molar-refractivity contribution is 0.376. The normalized spacial score (nSPS) is 24.1. The Bertz CT molecular complexity index is 406. The van der Waals surface area contributed by atoms with Crippen LogP contribution in [0.3, 0.4) is 0 Å². The van der Waals surface area contributed by atoms with Crippen LogP contribution in [0.25, 0.3) is 0 Å². The second-order valence-corrected chi connectivity index (χ2v) is 5.17. The van der Waals surface area contributed by atoms with E-state index < -0.39 is 0 Å². The molecule has 1 aliphatic rings. The Labute approximate surface area is 109 Å². The Kier molecular flexibility index (Phi) is 3.89. The maximum Gasteiger partial charge on any atom is 0.223 e. The Morgan fingerprint density at radius 3 is 2.89 bits per heavy atom. The largest absolute Gasteiger partial charge is 0.370 e. The van der Waals surface area contributed by atoms with Gasteiger partial charge in [0.25, 0.3) is 0 Å². The van der Waals surface area contributed by atoms with Crippen molar-refractivity contribution in [3.63, 3.8) is 0 Å². The first-order valence-electron chi connectivity index (χ1n) is 6.75. The molecule has 2 unspecified atom stereocenters. The monoisotopic (exact) mass is 249 g/mol. The molecule has 100 valence electrons. The van der Waals surface area contributed by atoms with E-state index in [1.165, 1.54) is 12.8 Å². The highest BCUT2D eigenvalue weighted by Crippen LogP contribution is 2.27. The van der Waals surface area contributed by atoms with Gasteiger partial charge in [0.15, 0.2) is 0 Å². The van der Waals surface area contributed by atoms with Crippen molar-refractivity contribution in [2.24, 2.45) is 5.92 Å². The van der Waals surface area contributed by atoms with E-state index in [0.29, 0.717) is 12.0 Å². The fourth-order valence-electron chi connectivity index (χ4n) is 2.62. The molecular formula is C13H23N5. The topological polar surface area (TPSA) is 67.1 Å². The number of hydrogen-bond donors (Lipinski definition) is 2. The van der Waals surface area contributed by atoms with Gasteiger partial charge in [-0.05, 0) is 32.6 Å². The van der Waals surface area contributed by atoms with E-state index >= 15 is 0 Å². The lowest BCUT2D eigenvalue weighted by Gasteiger charge is -2.37. The summed E-state index contributed by atoms with van der Waals surface area (Å²) in [6.45, 7) is 8.49. The minimum absolute atomic E-state index is 0.342. The number of hydrogen-bond acceptors (Lipinski definition) is 5. The van der Waals surface area contributed by atoms with Crippen molar-refractivity contribution in [2.75, 3.05) is 29.0 Å². The fourth-order valence-corrected chi connectivity index (χ4v) is 2.62. The molecule has 1 aliphatic heterocycles. The van der Waals surface area contributed by atoms with Gasteiger partial charge >= 0.3 is 0 Å². The van der Waals surface area contributed by atoms with Crippen molar-refractivity contribution in [1.82, 2.24) is 9.97 Å². The standard InChI is InChI=1S/C13H23N5/c1-4-15-11-8-12(17-13(14)16-11)18-6-5-9(2)7-10(18)3/h8-10H,4-7H2,1-3H3,(H3,14,15,16,17). The average Bonchev–Trinajstić information content (AvgIpc) is 2.28. The molecule has 1 aromatic rings. The van der Waals surface area contributed by atoms with Crippen LogP contribution in [0, 0.1) is 5.92 Å². The van der Waals surface area contributed by atoms with Crippen LogP contribution in [-0.2, 0) is 0 Å². The van der Waals surface area contributed by atoms with Gasteiger partial charge in [-0.2, -0.15) is 9.97 Å². The minimum Gasteiger partial charge on any atom is -0.370 e. The van der Waals surface area contributed by atoms with E-state index in [9.17, 15) is 0 Å². The third kappa shape index (κ3) is 2.83. The van der Waals surface area contributed by atoms with Crippen LogP contribution in [0.1, 0.15) is 33.6 Å². The second-order valence-electron chi connectivity index (χ2n) is 5.17. The molecule has 2 heterocycles. The van der Waals surface area contributed by atoms with Crippen molar-refractivity contribution in [3.8, 4) is 0 Å². The van der Waals surface area contributed by atoms with Gasteiger partial charge in [0, 0.05) is 25.2 Å². The molecule has 5 nitrogen and oxygen atoms in total. The summed E-state index contributed by atoms with van der Waals surface area (Å²) in [6, 6.07) is 2.50. The molecule has 0 radical (unpaired) electrons. The molecule has 0 bridgehead atoms. The summed E-state index contributed by atoms with van der Waals surface area (Å²) >= 11 is 0. The molecule has 18 heavy (non-hydrogen) atoms. The van der Waals surface area contributed by atoms with E-state index in [1.54, 1.807) is 0 Å². The van der Waals surface area contributed by atoms with Crippen molar-refractivity contribution in [3.05, 3.63) is 6.07 Å². The number of nitrogen functional groups attached to an aromatic ring is 1. The van der Waals surface area contributed by atoms with Gasteiger partial charge in [-0.3, -0.25) is 0 Å². The number of aromatic nitrogens is 2. The molecule has 0 spiro atoms. The zero-order valence-corrected chi connectivity index (χ0v) is 11.5. The van der Waals surface area contributed by atoms with Crippen molar-refractivity contribution >= 4 is 17.6 Å². The lowest BCUT2D eigenvalue weighted by atomic mass is 9.93. The van der Waals surface area contributed by atoms with Crippen LogP contribution in [-0.4, -0.2) is 29.1 Å². The molecule has 0 saturated carbocycles. The molecule has 2 atom stereocenters. The van der Waals surface area contributed by atoms with Crippen LogP contribution in [0.2, 0.25) is 0 Å². The number of rotatable bonds is 3. The first kappa shape index (κ1) is 12.9. The third-order valence-electron chi connectivity index (χ3n) is 3.52. The van der Waals surface area contributed by atoms with Gasteiger partial charge in [-0.1, -0.05) is 6.92 Å². The van der Waals surface area contributed by atoms with Crippen molar-refractivity contribution in [2.45, 2.75) is 39.7 Å². The molecular weight excluding hydrogens is 226 g/mol. The smallest absolute Gasteiger partial charge is 0.223 e. The number of piperidine rings is 1. The minimum atomic E-state index is 0.342. The summed E-state index contributed by atoms with van der Waals surface area (Å²) in [5.74, 6) is 2.89. The summed E-state index contributed by atoms with van der Waals surface area (Å²) in [5.41, 5.74) is 5.78. The maximum absolute atomic E-state index is 5.78. The second kappa shape index (κ2) is 5.42. The first-order chi connectivity index (χ1) is 8.60. The van der Waals surface area contributed by atoms with Crippen LogP contribution < -0.4 is 16.0 Å². The van der Waals surface area contributed by atoms with E-state index in [1.807, 2.05) is 13.0 Å². The molecule has 1 saturated heterocycles. The Balaban J connectivity index is 2.21. The van der Waals surface area contributed by atoms with E-state index in [4.69, 9.17) is 5.73 Å². The zero-order valence-electron chi connectivity index (χ0n) is 11.5. The third-order valence-corrected chi connectivity index (χ3v) is 3.52. The van der Waals surface area contributed by atoms with Crippen LogP contribution in [0.15, 0.2) is 6.07 Å². The molecule has 3 N–H and O–H groups in total. The number of nitrogens with two attached hydrogens (primary N) is 1. The van der Waals surface area contributed by atoms with Gasteiger partial charge in [0.1, 0.15) is 11.6 Å². The van der Waals surface area contributed by atoms with E-state index in [0.717, 1.165) is 30.6 Å². The lowest BCUT2D eigenvalue weighted by Crippen LogP contribution is -2.40. The first-order valence-corrected chi connectivity index (χ1v) is 6.75. The highest BCUT2D eigenvalue weighted by molar-refractivity contribution is 5.53. The maximum atomic E-state index is 5.78. The van der Waals surface area contributed by atoms with E-state index in [-0.39, 0.29) is 0 Å².